The first kappa shape index (κ1) is 11.4. The van der Waals surface area contributed by atoms with E-state index in [0.29, 0.717) is 0 Å². The monoisotopic (exact) mass is 243 g/mol. The van der Waals surface area contributed by atoms with Gasteiger partial charge in [0, 0.05) is 7.05 Å². The van der Waals surface area contributed by atoms with Gasteiger partial charge in [-0.25, -0.2) is 14.6 Å². The highest BCUT2D eigenvalue weighted by atomic mass is 19.4. The van der Waals surface area contributed by atoms with Crippen molar-refractivity contribution in [2.24, 2.45) is 0 Å². The van der Waals surface area contributed by atoms with Crippen LogP contribution in [0.25, 0.3) is 5.82 Å². The second kappa shape index (κ2) is 4.04. The predicted molar refractivity (Wildman–Crippen MR) is 53.7 cm³/mol. The van der Waals surface area contributed by atoms with Crippen molar-refractivity contribution in [2.75, 3.05) is 12.4 Å². The van der Waals surface area contributed by atoms with E-state index in [0.717, 1.165) is 16.8 Å². The Morgan fingerprint density at radius 1 is 1.29 bits per heavy atom. The molecule has 0 aliphatic carbocycles. The molecule has 0 bridgehead atoms. The van der Waals surface area contributed by atoms with E-state index in [2.05, 4.69) is 20.4 Å². The zero-order valence-electron chi connectivity index (χ0n) is 8.73. The summed E-state index contributed by atoms with van der Waals surface area (Å²) in [5, 5.41) is 6.30. The summed E-state index contributed by atoms with van der Waals surface area (Å²) in [6.07, 6.45) is -1.92. The molecule has 0 fully saturated rings. The van der Waals surface area contributed by atoms with Gasteiger partial charge in [-0.1, -0.05) is 0 Å². The minimum atomic E-state index is -4.43. The summed E-state index contributed by atoms with van der Waals surface area (Å²) in [6.45, 7) is 0. The van der Waals surface area contributed by atoms with Crippen LogP contribution in [0.15, 0.2) is 24.8 Å². The summed E-state index contributed by atoms with van der Waals surface area (Å²) in [4.78, 5) is 7.61. The van der Waals surface area contributed by atoms with Crippen molar-refractivity contribution < 1.29 is 13.2 Å². The molecule has 2 rings (SSSR count). The molecule has 0 spiro atoms. The molecule has 0 amide bonds. The van der Waals surface area contributed by atoms with Crippen LogP contribution in [-0.4, -0.2) is 26.8 Å². The molecule has 2 aromatic rings. The summed E-state index contributed by atoms with van der Waals surface area (Å²) in [5.74, 6) is 0.173. The lowest BCUT2D eigenvalue weighted by Crippen LogP contribution is -2.10. The van der Waals surface area contributed by atoms with Gasteiger partial charge in [0.2, 0.25) is 0 Å². The fourth-order valence-electron chi connectivity index (χ4n) is 1.25. The molecule has 2 aromatic heterocycles. The maximum Gasteiger partial charge on any atom is 0.416 e. The number of halogens is 3. The molecular formula is C9H8F3N5. The average Bonchev–Trinajstić information content (AvgIpc) is 2.80. The number of hydrogen-bond donors (Lipinski definition) is 1. The van der Waals surface area contributed by atoms with Crippen LogP contribution in [0.5, 0.6) is 0 Å². The number of nitrogens with zero attached hydrogens (tertiary/aromatic N) is 4. The van der Waals surface area contributed by atoms with Crippen LogP contribution in [0.4, 0.5) is 19.0 Å². The third-order valence-electron chi connectivity index (χ3n) is 2.05. The van der Waals surface area contributed by atoms with Gasteiger partial charge in [-0.15, -0.1) is 0 Å². The second-order valence-electron chi connectivity index (χ2n) is 3.19. The standard InChI is InChI=1S/C9H8F3N5/c1-13-7-2-6(9(10,11)12)3-8(16-7)17-5-14-4-15-17/h2-5H,1H3,(H,13,16). The summed E-state index contributed by atoms with van der Waals surface area (Å²) < 4.78 is 39.0. The molecule has 5 nitrogen and oxygen atoms in total. The molecule has 1 N–H and O–H groups in total. The molecule has 0 aromatic carbocycles. The molecular weight excluding hydrogens is 235 g/mol. The van der Waals surface area contributed by atoms with Crippen LogP contribution in [-0.2, 0) is 6.18 Å². The van der Waals surface area contributed by atoms with Gasteiger partial charge >= 0.3 is 6.18 Å². The number of rotatable bonds is 2. The van der Waals surface area contributed by atoms with Crippen molar-refractivity contribution in [3.8, 4) is 5.82 Å². The number of hydrogen-bond acceptors (Lipinski definition) is 4. The van der Waals surface area contributed by atoms with Gasteiger partial charge in [0.15, 0.2) is 5.82 Å². The van der Waals surface area contributed by atoms with Crippen molar-refractivity contribution in [3.05, 3.63) is 30.4 Å². The summed E-state index contributed by atoms with van der Waals surface area (Å²) in [7, 11) is 1.49. The smallest absolute Gasteiger partial charge is 0.373 e. The Morgan fingerprint density at radius 2 is 2.06 bits per heavy atom. The lowest BCUT2D eigenvalue weighted by Gasteiger charge is -2.10. The van der Waals surface area contributed by atoms with E-state index >= 15 is 0 Å². The van der Waals surface area contributed by atoms with E-state index in [9.17, 15) is 13.2 Å². The van der Waals surface area contributed by atoms with E-state index in [-0.39, 0.29) is 11.6 Å². The quantitative estimate of drug-likeness (QED) is 0.872. The van der Waals surface area contributed by atoms with Crippen molar-refractivity contribution in [1.29, 1.82) is 0 Å². The Morgan fingerprint density at radius 3 is 2.59 bits per heavy atom. The molecule has 0 saturated heterocycles. The summed E-state index contributed by atoms with van der Waals surface area (Å²) in [5.41, 5.74) is -0.789. The van der Waals surface area contributed by atoms with Gasteiger partial charge in [0.1, 0.15) is 18.5 Å². The number of nitrogens with one attached hydrogen (secondary N) is 1. The van der Waals surface area contributed by atoms with Crippen LogP contribution in [0, 0.1) is 0 Å². The first-order chi connectivity index (χ1) is 8.00. The highest BCUT2D eigenvalue weighted by Crippen LogP contribution is 2.31. The molecule has 8 heteroatoms. The molecule has 90 valence electrons. The van der Waals surface area contributed by atoms with Gasteiger partial charge in [0.05, 0.1) is 5.56 Å². The van der Waals surface area contributed by atoms with Crippen LogP contribution in [0.2, 0.25) is 0 Å². The Hall–Kier alpha value is -2.12. The van der Waals surface area contributed by atoms with Gasteiger partial charge in [-0.2, -0.15) is 18.3 Å². The minimum absolute atomic E-state index is 0.0571. The number of anilines is 1. The predicted octanol–water partition coefficient (Wildman–Crippen LogP) is 1.72. The molecule has 0 atom stereocenters. The van der Waals surface area contributed by atoms with Gasteiger partial charge in [-0.05, 0) is 12.1 Å². The van der Waals surface area contributed by atoms with Gasteiger partial charge < -0.3 is 5.32 Å². The van der Waals surface area contributed by atoms with Crippen molar-refractivity contribution in [1.82, 2.24) is 19.7 Å². The lowest BCUT2D eigenvalue weighted by molar-refractivity contribution is -0.137. The third kappa shape index (κ3) is 2.35. The molecule has 0 aliphatic heterocycles. The fourth-order valence-corrected chi connectivity index (χ4v) is 1.25. The third-order valence-corrected chi connectivity index (χ3v) is 2.05. The zero-order chi connectivity index (χ0) is 12.5. The average molecular weight is 243 g/mol. The second-order valence-corrected chi connectivity index (χ2v) is 3.19. The first-order valence-corrected chi connectivity index (χ1v) is 4.63. The Bertz CT molecular complexity index is 506. The largest absolute Gasteiger partial charge is 0.416 e. The molecule has 0 unspecified atom stereocenters. The van der Waals surface area contributed by atoms with Crippen LogP contribution in [0.1, 0.15) is 5.56 Å². The molecule has 0 aliphatic rings. The molecule has 2 heterocycles. The molecule has 17 heavy (non-hydrogen) atoms. The van der Waals surface area contributed by atoms with Crippen LogP contribution < -0.4 is 5.32 Å². The summed E-state index contributed by atoms with van der Waals surface area (Å²) in [6, 6.07) is 1.84. The van der Waals surface area contributed by atoms with Gasteiger partial charge in [-0.3, -0.25) is 0 Å². The maximum atomic E-state index is 12.6. The Balaban J connectivity index is 2.54. The highest BCUT2D eigenvalue weighted by Gasteiger charge is 2.31. The normalized spacial score (nSPS) is 11.5. The summed E-state index contributed by atoms with van der Waals surface area (Å²) >= 11 is 0. The SMILES string of the molecule is CNc1cc(C(F)(F)F)cc(-n2cncn2)n1. The van der Waals surface area contributed by atoms with Crippen molar-refractivity contribution in [3.63, 3.8) is 0 Å². The highest BCUT2D eigenvalue weighted by molar-refractivity contribution is 5.44. The molecule has 0 saturated carbocycles. The van der Waals surface area contributed by atoms with Crippen molar-refractivity contribution in [2.45, 2.75) is 6.18 Å². The zero-order valence-corrected chi connectivity index (χ0v) is 8.73. The first-order valence-electron chi connectivity index (χ1n) is 4.63. The topological polar surface area (TPSA) is 55.6 Å². The Labute approximate surface area is 94.3 Å². The molecule has 0 radical (unpaired) electrons. The van der Waals surface area contributed by atoms with E-state index in [1.54, 1.807) is 0 Å². The number of alkyl halides is 3. The van der Waals surface area contributed by atoms with Crippen LogP contribution >= 0.6 is 0 Å². The van der Waals surface area contributed by atoms with Crippen LogP contribution in [0.3, 0.4) is 0 Å². The van der Waals surface area contributed by atoms with Crippen molar-refractivity contribution >= 4 is 5.82 Å². The fraction of sp³-hybridized carbons (Fsp3) is 0.222. The lowest BCUT2D eigenvalue weighted by atomic mass is 10.2. The Kier molecular flexibility index (Phi) is 2.70. The minimum Gasteiger partial charge on any atom is -0.373 e. The van der Waals surface area contributed by atoms with E-state index < -0.39 is 11.7 Å². The van der Waals surface area contributed by atoms with E-state index in [4.69, 9.17) is 0 Å². The van der Waals surface area contributed by atoms with E-state index in [1.165, 1.54) is 19.7 Å². The van der Waals surface area contributed by atoms with E-state index in [1.807, 2.05) is 0 Å². The van der Waals surface area contributed by atoms with Gasteiger partial charge in [0.25, 0.3) is 0 Å². The number of pyridine rings is 1. The number of aromatic nitrogens is 4. The maximum absolute atomic E-state index is 12.6.